The fraction of sp³-hybridized carbons (Fsp3) is 0.200. The van der Waals surface area contributed by atoms with E-state index in [1.54, 1.807) is 28.9 Å². The normalized spacial score (nSPS) is 14.7. The number of fused-ring (bicyclic) bond motifs is 1. The molecule has 144 valence electrons. The average molecular weight is 460 g/mol. The van der Waals surface area contributed by atoms with Crippen LogP contribution in [0.5, 0.6) is 0 Å². The van der Waals surface area contributed by atoms with E-state index in [1.165, 1.54) is 0 Å². The highest BCUT2D eigenvalue weighted by Crippen LogP contribution is 2.34. The highest BCUT2D eigenvalue weighted by molar-refractivity contribution is 9.10. The molecule has 0 bridgehead atoms. The second-order valence-electron chi connectivity index (χ2n) is 6.90. The number of anilines is 1. The number of hydrogen-bond donors (Lipinski definition) is 1. The molecule has 6 nitrogen and oxygen atoms in total. The van der Waals surface area contributed by atoms with Crippen LogP contribution in [0.25, 0.3) is 5.69 Å². The van der Waals surface area contributed by atoms with Gasteiger partial charge in [0.15, 0.2) is 9.84 Å². The third kappa shape index (κ3) is 3.38. The van der Waals surface area contributed by atoms with Crippen molar-refractivity contribution in [2.75, 3.05) is 5.32 Å². The predicted octanol–water partition coefficient (Wildman–Crippen LogP) is 3.93. The summed E-state index contributed by atoms with van der Waals surface area (Å²) in [7, 11) is -3.24. The third-order valence-corrected chi connectivity index (χ3v) is 6.90. The molecule has 1 N–H and O–H groups in total. The van der Waals surface area contributed by atoms with Crippen LogP contribution in [0, 0.1) is 13.8 Å². The lowest BCUT2D eigenvalue weighted by atomic mass is 10.1. The molecule has 1 amide bonds. The fourth-order valence-corrected chi connectivity index (χ4v) is 5.05. The van der Waals surface area contributed by atoms with E-state index >= 15 is 0 Å². The molecule has 3 aromatic rings. The van der Waals surface area contributed by atoms with Gasteiger partial charge in [0.25, 0.3) is 5.91 Å². The first-order chi connectivity index (χ1) is 13.2. The molecule has 2 aromatic carbocycles. The van der Waals surface area contributed by atoms with Crippen LogP contribution in [-0.4, -0.2) is 24.1 Å². The quantitative estimate of drug-likeness (QED) is 0.642. The van der Waals surface area contributed by atoms with Crippen molar-refractivity contribution in [2.24, 2.45) is 0 Å². The summed E-state index contributed by atoms with van der Waals surface area (Å²) in [5.74, 6) is -0.131. The van der Waals surface area contributed by atoms with Crippen molar-refractivity contribution in [2.45, 2.75) is 25.4 Å². The van der Waals surface area contributed by atoms with Crippen molar-refractivity contribution in [1.82, 2.24) is 9.78 Å². The number of carbonyl (C=O) groups is 1. The summed E-state index contributed by atoms with van der Waals surface area (Å²) >= 11 is 3.35. The Morgan fingerprint density at radius 3 is 2.54 bits per heavy atom. The Bertz CT molecular complexity index is 1200. The van der Waals surface area contributed by atoms with Gasteiger partial charge in [-0.15, -0.1) is 0 Å². The zero-order chi connectivity index (χ0) is 20.1. The predicted molar refractivity (Wildman–Crippen MR) is 111 cm³/mol. The second kappa shape index (κ2) is 6.86. The lowest BCUT2D eigenvalue weighted by Gasteiger charge is -2.14. The van der Waals surface area contributed by atoms with Crippen LogP contribution < -0.4 is 5.32 Å². The van der Waals surface area contributed by atoms with E-state index in [9.17, 15) is 13.2 Å². The van der Waals surface area contributed by atoms with Crippen molar-refractivity contribution in [3.05, 3.63) is 74.9 Å². The minimum absolute atomic E-state index is 0.110. The summed E-state index contributed by atoms with van der Waals surface area (Å²) in [6.45, 7) is 3.98. The van der Waals surface area contributed by atoms with Crippen LogP contribution >= 0.6 is 15.9 Å². The van der Waals surface area contributed by atoms with Crippen molar-refractivity contribution in [3.63, 3.8) is 0 Å². The summed E-state index contributed by atoms with van der Waals surface area (Å²) in [4.78, 5) is 12.8. The van der Waals surface area contributed by atoms with E-state index in [2.05, 4.69) is 26.3 Å². The first kappa shape index (κ1) is 18.9. The van der Waals surface area contributed by atoms with Gasteiger partial charge in [0.2, 0.25) is 0 Å². The summed E-state index contributed by atoms with van der Waals surface area (Å²) in [6.07, 6.45) is 0. The standard InChI is InChI=1S/C20H18BrN3O3S/c1-12-4-3-5-18(13(12)2)24-19(16-10-28(26,27)11-17(16)23-24)22-20(25)14-6-8-15(21)9-7-14/h3-9H,10-11H2,1-2H3,(H,22,25). The van der Waals surface area contributed by atoms with Gasteiger partial charge in [-0.25, -0.2) is 13.1 Å². The van der Waals surface area contributed by atoms with Gasteiger partial charge >= 0.3 is 0 Å². The second-order valence-corrected chi connectivity index (χ2v) is 9.88. The van der Waals surface area contributed by atoms with Gasteiger partial charge in [0, 0.05) is 15.6 Å². The molecule has 4 rings (SSSR count). The van der Waals surface area contributed by atoms with Gasteiger partial charge < -0.3 is 5.32 Å². The highest BCUT2D eigenvalue weighted by Gasteiger charge is 2.33. The largest absolute Gasteiger partial charge is 0.306 e. The van der Waals surface area contributed by atoms with E-state index in [-0.39, 0.29) is 17.4 Å². The van der Waals surface area contributed by atoms with Gasteiger partial charge in [-0.1, -0.05) is 28.1 Å². The molecule has 0 saturated carbocycles. The molecule has 0 aliphatic carbocycles. The molecular weight excluding hydrogens is 442 g/mol. The number of aromatic nitrogens is 2. The van der Waals surface area contributed by atoms with Crippen molar-refractivity contribution < 1.29 is 13.2 Å². The summed E-state index contributed by atoms with van der Waals surface area (Å²) < 4.78 is 26.7. The summed E-state index contributed by atoms with van der Waals surface area (Å²) in [6, 6.07) is 12.8. The van der Waals surface area contributed by atoms with Crippen LogP contribution in [-0.2, 0) is 21.3 Å². The summed E-state index contributed by atoms with van der Waals surface area (Å²) in [5, 5.41) is 7.43. The Morgan fingerprint density at radius 1 is 1.11 bits per heavy atom. The van der Waals surface area contributed by atoms with E-state index in [4.69, 9.17) is 0 Å². The number of benzene rings is 2. The first-order valence-electron chi connectivity index (χ1n) is 8.70. The van der Waals surface area contributed by atoms with Gasteiger partial charge in [-0.3, -0.25) is 4.79 Å². The molecule has 1 aromatic heterocycles. The Hall–Kier alpha value is -2.45. The van der Waals surface area contributed by atoms with Gasteiger partial charge in [0.1, 0.15) is 5.82 Å². The molecule has 0 fully saturated rings. The number of nitrogens with zero attached hydrogens (tertiary/aromatic N) is 2. The number of nitrogens with one attached hydrogen (secondary N) is 1. The van der Waals surface area contributed by atoms with Crippen LogP contribution in [0.2, 0.25) is 0 Å². The maximum absolute atomic E-state index is 12.8. The molecule has 1 aliphatic heterocycles. The van der Waals surface area contributed by atoms with E-state index in [0.29, 0.717) is 22.6 Å². The number of amides is 1. The van der Waals surface area contributed by atoms with Crippen LogP contribution in [0.1, 0.15) is 32.7 Å². The van der Waals surface area contributed by atoms with E-state index < -0.39 is 9.84 Å². The molecule has 0 saturated heterocycles. The lowest BCUT2D eigenvalue weighted by Crippen LogP contribution is -2.17. The van der Waals surface area contributed by atoms with Crippen LogP contribution in [0.3, 0.4) is 0 Å². The zero-order valence-electron chi connectivity index (χ0n) is 15.4. The third-order valence-electron chi connectivity index (χ3n) is 4.93. The highest BCUT2D eigenvalue weighted by atomic mass is 79.9. The van der Waals surface area contributed by atoms with Gasteiger partial charge in [-0.2, -0.15) is 5.10 Å². The SMILES string of the molecule is Cc1cccc(-n2nc3c(c2NC(=O)c2ccc(Br)cc2)CS(=O)(=O)C3)c1C. The number of carbonyl (C=O) groups excluding carboxylic acids is 1. The average Bonchev–Trinajstić information content (AvgIpc) is 3.10. The Morgan fingerprint density at radius 2 is 1.82 bits per heavy atom. The molecular formula is C20H18BrN3O3S. The van der Waals surface area contributed by atoms with Gasteiger partial charge in [0.05, 0.1) is 22.9 Å². The van der Waals surface area contributed by atoms with E-state index in [0.717, 1.165) is 21.3 Å². The zero-order valence-corrected chi connectivity index (χ0v) is 17.8. The van der Waals surface area contributed by atoms with Crippen molar-refractivity contribution in [3.8, 4) is 5.69 Å². The lowest BCUT2D eigenvalue weighted by molar-refractivity contribution is 0.102. The molecule has 28 heavy (non-hydrogen) atoms. The maximum atomic E-state index is 12.8. The van der Waals surface area contributed by atoms with Crippen molar-refractivity contribution in [1.29, 1.82) is 0 Å². The number of rotatable bonds is 3. The molecule has 0 atom stereocenters. The molecule has 0 radical (unpaired) electrons. The smallest absolute Gasteiger partial charge is 0.256 e. The molecule has 8 heteroatoms. The van der Waals surface area contributed by atoms with Gasteiger partial charge in [-0.05, 0) is 55.3 Å². The van der Waals surface area contributed by atoms with Crippen LogP contribution in [0.15, 0.2) is 46.9 Å². The number of hydrogen-bond acceptors (Lipinski definition) is 4. The minimum Gasteiger partial charge on any atom is -0.306 e. The fourth-order valence-electron chi connectivity index (χ4n) is 3.29. The van der Waals surface area contributed by atoms with Crippen LogP contribution in [0.4, 0.5) is 5.82 Å². The first-order valence-corrected chi connectivity index (χ1v) is 11.3. The monoisotopic (exact) mass is 459 g/mol. The number of sulfone groups is 1. The Kier molecular flexibility index (Phi) is 4.63. The Labute approximate surface area is 171 Å². The Balaban J connectivity index is 1.82. The molecule has 0 spiro atoms. The molecule has 2 heterocycles. The minimum atomic E-state index is -3.24. The maximum Gasteiger partial charge on any atom is 0.256 e. The summed E-state index contributed by atoms with van der Waals surface area (Å²) in [5.41, 5.74) is 4.46. The van der Waals surface area contributed by atoms with Crippen molar-refractivity contribution >= 4 is 37.5 Å². The van der Waals surface area contributed by atoms with E-state index in [1.807, 2.05) is 32.0 Å². The number of aryl methyl sites for hydroxylation is 1. The molecule has 0 unspecified atom stereocenters. The number of halogens is 1. The topological polar surface area (TPSA) is 81.1 Å². The molecule has 1 aliphatic rings.